The lowest BCUT2D eigenvalue weighted by Crippen LogP contribution is -2.11. The molecule has 0 spiro atoms. The molecule has 2 heterocycles. The summed E-state index contributed by atoms with van der Waals surface area (Å²) in [6.07, 6.45) is 3.89. The molecule has 0 atom stereocenters. The number of hydrogen-bond acceptors (Lipinski definition) is 3. The largest absolute Gasteiger partial charge is 0.375 e. The molecule has 0 fully saturated rings. The van der Waals surface area contributed by atoms with Crippen LogP contribution in [0.4, 0.5) is 0 Å². The van der Waals surface area contributed by atoms with Crippen LogP contribution in [0.15, 0.2) is 73.1 Å². The first kappa shape index (κ1) is 19.3. The molecule has 2 aromatic carbocycles. The fraction of sp³-hybridized carbons (Fsp3) is 0.280. The Hall–Kier alpha value is -2.98. The summed E-state index contributed by atoms with van der Waals surface area (Å²) < 4.78 is 7.76. The molecule has 4 nitrogen and oxygen atoms in total. The van der Waals surface area contributed by atoms with Crippen molar-refractivity contribution < 1.29 is 4.74 Å². The van der Waals surface area contributed by atoms with Gasteiger partial charge in [0.05, 0.1) is 37.2 Å². The van der Waals surface area contributed by atoms with Gasteiger partial charge in [-0.1, -0.05) is 69.3 Å². The lowest BCUT2D eigenvalue weighted by Gasteiger charge is -2.19. The third kappa shape index (κ3) is 4.72. The molecule has 0 aliphatic heterocycles. The Morgan fingerprint density at radius 2 is 1.72 bits per heavy atom. The molecule has 4 aromatic rings. The summed E-state index contributed by atoms with van der Waals surface area (Å²) >= 11 is 0. The van der Waals surface area contributed by atoms with Crippen LogP contribution in [-0.2, 0) is 23.3 Å². The van der Waals surface area contributed by atoms with Gasteiger partial charge in [0, 0.05) is 17.1 Å². The van der Waals surface area contributed by atoms with E-state index in [0.29, 0.717) is 19.8 Å². The van der Waals surface area contributed by atoms with Crippen molar-refractivity contribution in [1.82, 2.24) is 14.8 Å². The SMILES string of the molecule is CC(C)(C)c1ccc(COCCn2cc(-c3ccc4ccccc4n3)cn2)cc1. The first-order valence-corrected chi connectivity index (χ1v) is 10.0. The predicted molar refractivity (Wildman–Crippen MR) is 118 cm³/mol. The molecule has 0 amide bonds. The minimum atomic E-state index is 0.178. The summed E-state index contributed by atoms with van der Waals surface area (Å²) in [7, 11) is 0. The number of fused-ring (bicyclic) bond motifs is 1. The number of pyridine rings is 1. The summed E-state index contributed by atoms with van der Waals surface area (Å²) in [4.78, 5) is 4.73. The van der Waals surface area contributed by atoms with Crippen LogP contribution in [0.1, 0.15) is 31.9 Å². The molecule has 0 saturated carbocycles. The number of benzene rings is 2. The first-order valence-electron chi connectivity index (χ1n) is 10.0. The third-order valence-electron chi connectivity index (χ3n) is 5.08. The van der Waals surface area contributed by atoms with E-state index in [1.165, 1.54) is 11.1 Å². The summed E-state index contributed by atoms with van der Waals surface area (Å²) in [5.74, 6) is 0. The van der Waals surface area contributed by atoms with Crippen molar-refractivity contribution in [2.75, 3.05) is 6.61 Å². The van der Waals surface area contributed by atoms with Gasteiger partial charge in [-0.05, 0) is 28.7 Å². The van der Waals surface area contributed by atoms with E-state index in [2.05, 4.69) is 62.3 Å². The van der Waals surface area contributed by atoms with E-state index in [-0.39, 0.29) is 5.41 Å². The van der Waals surface area contributed by atoms with Gasteiger partial charge in [-0.15, -0.1) is 0 Å². The van der Waals surface area contributed by atoms with Crippen molar-refractivity contribution in [3.05, 3.63) is 84.2 Å². The second-order valence-electron chi connectivity index (χ2n) is 8.38. The second kappa shape index (κ2) is 8.18. The number of rotatable bonds is 6. The minimum absolute atomic E-state index is 0.178. The number of para-hydroxylation sites is 1. The summed E-state index contributed by atoms with van der Waals surface area (Å²) in [5, 5.41) is 5.60. The fourth-order valence-corrected chi connectivity index (χ4v) is 3.29. The van der Waals surface area contributed by atoms with Crippen molar-refractivity contribution in [1.29, 1.82) is 0 Å². The molecule has 0 unspecified atom stereocenters. The number of aromatic nitrogens is 3. The molecule has 4 rings (SSSR count). The van der Waals surface area contributed by atoms with Crippen LogP contribution < -0.4 is 0 Å². The Bertz CT molecular complexity index is 1090. The van der Waals surface area contributed by atoms with E-state index in [9.17, 15) is 0 Å². The molecule has 0 bridgehead atoms. The standard InChI is InChI=1S/C25H27N3O/c1-25(2,3)22-11-8-19(9-12-22)18-29-15-14-28-17-21(16-26-28)24-13-10-20-6-4-5-7-23(20)27-24/h4-13,16-17H,14-15,18H2,1-3H3. The van der Waals surface area contributed by atoms with Gasteiger partial charge >= 0.3 is 0 Å². The van der Waals surface area contributed by atoms with Crippen LogP contribution in [-0.4, -0.2) is 21.4 Å². The number of nitrogens with zero attached hydrogens (tertiary/aromatic N) is 3. The lowest BCUT2D eigenvalue weighted by molar-refractivity contribution is 0.111. The highest BCUT2D eigenvalue weighted by molar-refractivity contribution is 5.81. The summed E-state index contributed by atoms with van der Waals surface area (Å²) in [5.41, 5.74) is 5.67. The van der Waals surface area contributed by atoms with Gasteiger partial charge in [-0.25, -0.2) is 4.98 Å². The Morgan fingerprint density at radius 1 is 0.931 bits per heavy atom. The highest BCUT2D eigenvalue weighted by Crippen LogP contribution is 2.22. The van der Waals surface area contributed by atoms with Crippen LogP contribution >= 0.6 is 0 Å². The van der Waals surface area contributed by atoms with Crippen molar-refractivity contribution in [3.63, 3.8) is 0 Å². The zero-order valence-electron chi connectivity index (χ0n) is 17.3. The normalized spacial score (nSPS) is 11.8. The fourth-order valence-electron chi connectivity index (χ4n) is 3.29. The summed E-state index contributed by atoms with van der Waals surface area (Å²) in [6.45, 7) is 8.63. The van der Waals surface area contributed by atoms with E-state index in [4.69, 9.17) is 9.72 Å². The first-order chi connectivity index (χ1) is 14.0. The van der Waals surface area contributed by atoms with Gasteiger partial charge in [0.2, 0.25) is 0 Å². The van der Waals surface area contributed by atoms with Crippen molar-refractivity contribution in [2.24, 2.45) is 0 Å². The van der Waals surface area contributed by atoms with Gasteiger partial charge in [-0.3, -0.25) is 4.68 Å². The van der Waals surface area contributed by atoms with Crippen molar-refractivity contribution in [2.45, 2.75) is 39.3 Å². The zero-order valence-corrected chi connectivity index (χ0v) is 17.3. The minimum Gasteiger partial charge on any atom is -0.375 e. The smallest absolute Gasteiger partial charge is 0.0741 e. The molecule has 4 heteroatoms. The molecular weight excluding hydrogens is 358 g/mol. The lowest BCUT2D eigenvalue weighted by atomic mass is 9.87. The molecule has 0 aliphatic carbocycles. The van der Waals surface area contributed by atoms with Gasteiger partial charge in [0.25, 0.3) is 0 Å². The monoisotopic (exact) mass is 385 g/mol. The predicted octanol–water partition coefficient (Wildman–Crippen LogP) is 5.61. The van der Waals surface area contributed by atoms with Gasteiger partial charge in [0.15, 0.2) is 0 Å². The van der Waals surface area contributed by atoms with E-state index in [1.807, 2.05) is 41.3 Å². The maximum Gasteiger partial charge on any atom is 0.0741 e. The van der Waals surface area contributed by atoms with Gasteiger partial charge in [0.1, 0.15) is 0 Å². The van der Waals surface area contributed by atoms with Gasteiger partial charge in [-0.2, -0.15) is 5.10 Å². The maximum absolute atomic E-state index is 5.85. The highest BCUT2D eigenvalue weighted by Gasteiger charge is 2.12. The Labute approximate surface area is 172 Å². The number of hydrogen-bond donors (Lipinski definition) is 0. The van der Waals surface area contributed by atoms with Crippen molar-refractivity contribution in [3.8, 4) is 11.3 Å². The van der Waals surface area contributed by atoms with Gasteiger partial charge < -0.3 is 4.74 Å². The van der Waals surface area contributed by atoms with Crippen LogP contribution in [0, 0.1) is 0 Å². The summed E-state index contributed by atoms with van der Waals surface area (Å²) in [6, 6.07) is 21.0. The molecule has 0 aliphatic rings. The van der Waals surface area contributed by atoms with E-state index in [0.717, 1.165) is 22.2 Å². The van der Waals surface area contributed by atoms with Crippen LogP contribution in [0.2, 0.25) is 0 Å². The molecule has 0 saturated heterocycles. The van der Waals surface area contributed by atoms with Crippen molar-refractivity contribution >= 4 is 10.9 Å². The Morgan fingerprint density at radius 3 is 2.52 bits per heavy atom. The Balaban J connectivity index is 1.31. The quantitative estimate of drug-likeness (QED) is 0.405. The number of ether oxygens (including phenoxy) is 1. The topological polar surface area (TPSA) is 39.9 Å². The Kier molecular flexibility index (Phi) is 5.45. The third-order valence-corrected chi connectivity index (χ3v) is 5.08. The van der Waals surface area contributed by atoms with E-state index in [1.54, 1.807) is 0 Å². The molecule has 148 valence electrons. The van der Waals surface area contributed by atoms with Crippen LogP contribution in [0.25, 0.3) is 22.2 Å². The molecule has 2 aromatic heterocycles. The zero-order chi connectivity index (χ0) is 20.3. The molecule has 29 heavy (non-hydrogen) atoms. The van der Waals surface area contributed by atoms with E-state index >= 15 is 0 Å². The molecule has 0 radical (unpaired) electrons. The van der Waals surface area contributed by atoms with E-state index < -0.39 is 0 Å². The molecule has 0 N–H and O–H groups in total. The average molecular weight is 386 g/mol. The van der Waals surface area contributed by atoms with Crippen LogP contribution in [0.5, 0.6) is 0 Å². The maximum atomic E-state index is 5.85. The highest BCUT2D eigenvalue weighted by atomic mass is 16.5. The van der Waals surface area contributed by atoms with Crippen LogP contribution in [0.3, 0.4) is 0 Å². The molecular formula is C25H27N3O. The average Bonchev–Trinajstić information content (AvgIpc) is 3.19. The second-order valence-corrected chi connectivity index (χ2v) is 8.38.